The van der Waals surface area contributed by atoms with Gasteiger partial charge in [-0.2, -0.15) is 0 Å². The van der Waals surface area contributed by atoms with E-state index in [1.807, 2.05) is 0 Å². The first kappa shape index (κ1) is 39.9. The zero-order valence-electron chi connectivity index (χ0n) is 33.4. The summed E-state index contributed by atoms with van der Waals surface area (Å²) in [5, 5.41) is 86.7. The summed E-state index contributed by atoms with van der Waals surface area (Å²) < 4.78 is 38.0. The van der Waals surface area contributed by atoms with Gasteiger partial charge in [-0.05, 0) is 105 Å². The molecule has 9 aliphatic rings. The quantitative estimate of drug-likeness (QED) is 0.176. The van der Waals surface area contributed by atoms with Crippen molar-refractivity contribution in [2.75, 3.05) is 13.2 Å². The average Bonchev–Trinajstić information content (AvgIpc) is 3.63. The summed E-state index contributed by atoms with van der Waals surface area (Å²) >= 11 is 0. The van der Waals surface area contributed by atoms with Crippen LogP contribution in [0.15, 0.2) is 0 Å². The average molecular weight is 783 g/mol. The molecule has 314 valence electrons. The number of hydrogen-bond acceptors (Lipinski definition) is 14. The highest BCUT2D eigenvalue weighted by Crippen LogP contribution is 2.90. The fourth-order valence-corrected chi connectivity index (χ4v) is 15.4. The van der Waals surface area contributed by atoms with E-state index in [4.69, 9.17) is 28.4 Å². The fraction of sp³-hybridized carbons (Fsp3) is 1.00. The Kier molecular flexibility index (Phi) is 9.06. The zero-order valence-corrected chi connectivity index (χ0v) is 33.4. The Morgan fingerprint density at radius 2 is 1.47 bits per heavy atom. The molecule has 9 rings (SSSR count). The maximum absolute atomic E-state index is 12.8. The van der Waals surface area contributed by atoms with E-state index in [1.165, 1.54) is 0 Å². The van der Waals surface area contributed by atoms with E-state index < -0.39 is 90.9 Å². The van der Waals surface area contributed by atoms with Crippen molar-refractivity contribution in [3.63, 3.8) is 0 Å². The van der Waals surface area contributed by atoms with Gasteiger partial charge in [-0.1, -0.05) is 34.6 Å². The van der Waals surface area contributed by atoms with Crippen LogP contribution in [0.1, 0.15) is 99.8 Å². The SMILES string of the molecule is C[C@@H]1C[C@H]2O[C@@]3(O[C@@H]2C(C)(C)O)[C@H](O)[C@@]2(C)[C@@H]4CC[C@H]5C(C)(C)[C@@H](O[C@@H]6OC[C@@H](O)[C@H](O)[C@H]6O[C@@H]6O[C@H](CO)[C@@H](O)[C@H](O)[C@H]6O)CC[C@@]56C[C@@]46CC[C@]2(C)[C@@H]13. The van der Waals surface area contributed by atoms with Gasteiger partial charge in [-0.15, -0.1) is 0 Å². The van der Waals surface area contributed by atoms with Crippen LogP contribution in [-0.2, 0) is 28.4 Å². The summed E-state index contributed by atoms with van der Waals surface area (Å²) in [7, 11) is 0. The molecule has 0 unspecified atom stereocenters. The van der Waals surface area contributed by atoms with Gasteiger partial charge in [0.1, 0.15) is 54.9 Å². The Balaban J connectivity index is 0.962. The Labute approximate surface area is 323 Å². The summed E-state index contributed by atoms with van der Waals surface area (Å²) in [6, 6.07) is 0. The second kappa shape index (κ2) is 12.5. The highest BCUT2D eigenvalue weighted by atomic mass is 16.8. The van der Waals surface area contributed by atoms with Crippen molar-refractivity contribution in [2.45, 2.75) is 191 Å². The first-order valence-electron chi connectivity index (χ1n) is 21.0. The zero-order chi connectivity index (χ0) is 39.6. The third kappa shape index (κ3) is 4.98. The maximum atomic E-state index is 12.8. The van der Waals surface area contributed by atoms with Crippen molar-refractivity contribution in [2.24, 2.45) is 50.7 Å². The highest BCUT2D eigenvalue weighted by molar-refractivity contribution is 5.34. The maximum Gasteiger partial charge on any atom is 0.199 e. The fourth-order valence-electron chi connectivity index (χ4n) is 15.4. The molecule has 3 spiro atoms. The van der Waals surface area contributed by atoms with E-state index in [0.29, 0.717) is 5.92 Å². The van der Waals surface area contributed by atoms with E-state index in [-0.39, 0.29) is 58.2 Å². The van der Waals surface area contributed by atoms with Gasteiger partial charge in [-0.3, -0.25) is 0 Å². The molecular formula is C41H66O14. The molecule has 5 saturated carbocycles. The molecule has 22 atom stereocenters. The molecule has 9 fully saturated rings. The van der Waals surface area contributed by atoms with Crippen molar-refractivity contribution in [3.8, 4) is 0 Å². The number of rotatable bonds is 6. The second-order valence-corrected chi connectivity index (χ2v) is 21.1. The summed E-state index contributed by atoms with van der Waals surface area (Å²) in [6.45, 7) is 14.2. The largest absolute Gasteiger partial charge is 0.394 e. The second-order valence-electron chi connectivity index (χ2n) is 21.1. The van der Waals surface area contributed by atoms with Gasteiger partial charge in [0.2, 0.25) is 0 Å². The van der Waals surface area contributed by atoms with Crippen molar-refractivity contribution < 1.29 is 69.3 Å². The molecule has 4 heterocycles. The van der Waals surface area contributed by atoms with Gasteiger partial charge in [0.25, 0.3) is 0 Å². The topological polar surface area (TPSA) is 217 Å². The number of aliphatic hydroxyl groups excluding tert-OH is 7. The molecule has 14 nitrogen and oxygen atoms in total. The minimum Gasteiger partial charge on any atom is -0.394 e. The van der Waals surface area contributed by atoms with Gasteiger partial charge < -0.3 is 69.3 Å². The third-order valence-electron chi connectivity index (χ3n) is 18.0. The van der Waals surface area contributed by atoms with Crippen LogP contribution in [0.5, 0.6) is 0 Å². The minimum atomic E-state index is -1.70. The van der Waals surface area contributed by atoms with Gasteiger partial charge in [0.05, 0.1) is 31.0 Å². The Bertz CT molecular complexity index is 1500. The summed E-state index contributed by atoms with van der Waals surface area (Å²) in [5.41, 5.74) is -1.96. The van der Waals surface area contributed by atoms with Crippen LogP contribution >= 0.6 is 0 Å². The molecule has 0 aromatic rings. The molecular weight excluding hydrogens is 716 g/mol. The molecule has 8 N–H and O–H groups in total. The van der Waals surface area contributed by atoms with E-state index in [9.17, 15) is 40.9 Å². The predicted molar refractivity (Wildman–Crippen MR) is 191 cm³/mol. The summed E-state index contributed by atoms with van der Waals surface area (Å²) in [4.78, 5) is 0. The summed E-state index contributed by atoms with van der Waals surface area (Å²) in [6.07, 6.45) is -7.28. The lowest BCUT2D eigenvalue weighted by atomic mass is 9.41. The molecule has 55 heavy (non-hydrogen) atoms. The van der Waals surface area contributed by atoms with Crippen LogP contribution in [0.3, 0.4) is 0 Å². The van der Waals surface area contributed by atoms with E-state index >= 15 is 0 Å². The molecule has 5 aliphatic carbocycles. The van der Waals surface area contributed by atoms with Crippen molar-refractivity contribution in [3.05, 3.63) is 0 Å². The van der Waals surface area contributed by atoms with E-state index in [0.717, 1.165) is 51.4 Å². The minimum absolute atomic E-state index is 0.0106. The normalized spacial score (nSPS) is 60.6. The lowest BCUT2D eigenvalue weighted by Gasteiger charge is -2.63. The first-order valence-corrected chi connectivity index (χ1v) is 21.0. The van der Waals surface area contributed by atoms with Crippen molar-refractivity contribution in [1.29, 1.82) is 0 Å². The van der Waals surface area contributed by atoms with Gasteiger partial charge in [0.15, 0.2) is 18.4 Å². The third-order valence-corrected chi connectivity index (χ3v) is 18.0. The molecule has 0 radical (unpaired) electrons. The van der Waals surface area contributed by atoms with Crippen LogP contribution in [0.25, 0.3) is 0 Å². The Morgan fingerprint density at radius 1 is 0.782 bits per heavy atom. The molecule has 0 amide bonds. The number of aliphatic hydroxyl groups is 8. The summed E-state index contributed by atoms with van der Waals surface area (Å²) in [5.74, 6) is -0.276. The first-order chi connectivity index (χ1) is 25.6. The standard InChI is InChI=1S/C41H66O14/c1-18-14-20-31(36(4,5)49)55-41(54-20)30(18)37(6)12-13-40-17-39(40)11-10-24(35(2,3)22(39)8-9-23(40)38(37,7)34(41)48)52-33-29(25(44)19(43)16-50-33)53-32-28(47)27(46)26(45)21(15-42)51-32/h18-34,42-49H,8-17H2,1-7H3/t18-,19-,20-,21-,22+,23+,24+,25+,26-,27+,28-,29-,30-,31+,32+,33+,34-,37-,38-,39-,40+,41+/m1/s1. The van der Waals surface area contributed by atoms with Crippen LogP contribution in [0, 0.1) is 50.7 Å². The lowest BCUT2D eigenvalue weighted by molar-refractivity contribution is -0.366. The molecule has 14 heteroatoms. The molecule has 4 saturated heterocycles. The van der Waals surface area contributed by atoms with Gasteiger partial charge in [0, 0.05) is 11.3 Å². The van der Waals surface area contributed by atoms with Crippen molar-refractivity contribution in [1.82, 2.24) is 0 Å². The van der Waals surface area contributed by atoms with Crippen molar-refractivity contribution >= 4 is 0 Å². The number of ether oxygens (including phenoxy) is 6. The predicted octanol–water partition coefficient (Wildman–Crippen LogP) is 0.946. The molecule has 4 aliphatic heterocycles. The molecule has 0 aromatic heterocycles. The smallest absolute Gasteiger partial charge is 0.199 e. The van der Waals surface area contributed by atoms with Gasteiger partial charge in [-0.25, -0.2) is 0 Å². The highest BCUT2D eigenvalue weighted by Gasteiger charge is 2.88. The number of fused-ring (bicyclic) bond motifs is 4. The van der Waals surface area contributed by atoms with Gasteiger partial charge >= 0.3 is 0 Å². The lowest BCUT2D eigenvalue weighted by Crippen LogP contribution is -2.64. The monoisotopic (exact) mass is 782 g/mol. The van der Waals surface area contributed by atoms with Crippen LogP contribution in [-0.4, -0.2) is 145 Å². The Hall–Kier alpha value is -0.560. The van der Waals surface area contributed by atoms with Crippen LogP contribution in [0.4, 0.5) is 0 Å². The van der Waals surface area contributed by atoms with Crippen LogP contribution < -0.4 is 0 Å². The van der Waals surface area contributed by atoms with Crippen LogP contribution in [0.2, 0.25) is 0 Å². The van der Waals surface area contributed by atoms with E-state index in [1.54, 1.807) is 13.8 Å². The molecule has 2 bridgehead atoms. The number of hydrogen-bond donors (Lipinski definition) is 8. The van der Waals surface area contributed by atoms with E-state index in [2.05, 4.69) is 34.6 Å². The molecule has 0 aromatic carbocycles. The Morgan fingerprint density at radius 3 is 2.16 bits per heavy atom.